The molecule has 0 aliphatic carbocycles. The number of rotatable bonds is 6. The smallest absolute Gasteiger partial charge is 0.317 e. The van der Waals surface area contributed by atoms with Crippen LogP contribution in [0.25, 0.3) is 0 Å². The summed E-state index contributed by atoms with van der Waals surface area (Å²) in [6.45, 7) is 5.68. The molecule has 0 amide bonds. The molecule has 5 nitrogen and oxygen atoms in total. The Labute approximate surface area is 128 Å². The van der Waals surface area contributed by atoms with E-state index in [2.05, 4.69) is 6.58 Å². The lowest BCUT2D eigenvalue weighted by Gasteiger charge is -2.19. The molecule has 21 heavy (non-hydrogen) atoms. The fraction of sp³-hybridized carbons (Fsp3) is 0.400. The molecule has 0 atom stereocenters. The van der Waals surface area contributed by atoms with Gasteiger partial charge >= 0.3 is 5.97 Å². The molecule has 1 aliphatic heterocycles. The number of nitrogens with zero attached hydrogens (tertiary/aromatic N) is 1. The highest BCUT2D eigenvalue weighted by Gasteiger charge is 2.17. The van der Waals surface area contributed by atoms with Gasteiger partial charge in [-0.3, -0.25) is 9.69 Å². The summed E-state index contributed by atoms with van der Waals surface area (Å²) in [6.07, 6.45) is 2.48. The summed E-state index contributed by atoms with van der Waals surface area (Å²) >= 11 is 6.23. The average molecular weight is 312 g/mol. The summed E-state index contributed by atoms with van der Waals surface area (Å²) in [5.74, 6) is 0.299. The third-order valence-corrected chi connectivity index (χ3v) is 3.30. The summed E-state index contributed by atoms with van der Waals surface area (Å²) in [5, 5.41) is 9.41. The van der Waals surface area contributed by atoms with Gasteiger partial charge in [-0.15, -0.1) is 6.58 Å². The summed E-state index contributed by atoms with van der Waals surface area (Å²) in [6, 6.07) is 3.64. The van der Waals surface area contributed by atoms with E-state index in [1.807, 2.05) is 6.07 Å². The fourth-order valence-corrected chi connectivity index (χ4v) is 2.48. The average Bonchev–Trinajstić information content (AvgIpc) is 2.63. The van der Waals surface area contributed by atoms with E-state index in [4.69, 9.17) is 26.2 Å². The lowest BCUT2D eigenvalue weighted by Crippen LogP contribution is -2.29. The molecule has 6 heteroatoms. The molecule has 1 aromatic carbocycles. The van der Waals surface area contributed by atoms with E-state index in [0.29, 0.717) is 42.8 Å². The SMILES string of the molecule is C=CCN(CC(=O)O)Cc1cc(Cl)c2c(c1)OCCCO2. The Bertz CT molecular complexity index is 533. The zero-order valence-electron chi connectivity index (χ0n) is 11.7. The van der Waals surface area contributed by atoms with Gasteiger partial charge in [-0.1, -0.05) is 17.7 Å². The molecular formula is C15H18ClNO4. The minimum absolute atomic E-state index is 0.0575. The van der Waals surface area contributed by atoms with Crippen molar-refractivity contribution in [1.29, 1.82) is 0 Å². The summed E-state index contributed by atoms with van der Waals surface area (Å²) in [5.41, 5.74) is 0.882. The first-order chi connectivity index (χ1) is 10.1. The molecule has 0 saturated heterocycles. The Morgan fingerprint density at radius 1 is 1.43 bits per heavy atom. The van der Waals surface area contributed by atoms with Crippen molar-refractivity contribution < 1.29 is 19.4 Å². The number of carboxylic acids is 1. The second-order valence-electron chi connectivity index (χ2n) is 4.81. The number of aliphatic carboxylic acids is 1. The van der Waals surface area contributed by atoms with Crippen LogP contribution in [-0.4, -0.2) is 42.3 Å². The van der Waals surface area contributed by atoms with Gasteiger partial charge in [0.05, 0.1) is 24.8 Å². The van der Waals surface area contributed by atoms with Gasteiger partial charge in [-0.25, -0.2) is 0 Å². The summed E-state index contributed by atoms with van der Waals surface area (Å²) in [7, 11) is 0. The molecule has 1 N–H and O–H groups in total. The predicted molar refractivity (Wildman–Crippen MR) is 80.2 cm³/mol. The molecular weight excluding hydrogens is 294 g/mol. The van der Waals surface area contributed by atoms with E-state index in [9.17, 15) is 4.79 Å². The number of halogens is 1. The Morgan fingerprint density at radius 3 is 2.90 bits per heavy atom. The maximum Gasteiger partial charge on any atom is 0.317 e. The molecule has 0 fully saturated rings. The summed E-state index contributed by atoms with van der Waals surface area (Å²) in [4.78, 5) is 12.6. The van der Waals surface area contributed by atoms with Crippen LogP contribution in [0.2, 0.25) is 5.02 Å². The van der Waals surface area contributed by atoms with E-state index >= 15 is 0 Å². The van der Waals surface area contributed by atoms with Crippen LogP contribution >= 0.6 is 11.6 Å². The molecule has 1 aromatic rings. The topological polar surface area (TPSA) is 59.0 Å². The molecule has 1 heterocycles. The third-order valence-electron chi connectivity index (χ3n) is 3.01. The maximum atomic E-state index is 10.9. The highest BCUT2D eigenvalue weighted by atomic mass is 35.5. The molecule has 0 radical (unpaired) electrons. The van der Waals surface area contributed by atoms with Gasteiger partial charge in [-0.05, 0) is 17.7 Å². The largest absolute Gasteiger partial charge is 0.489 e. The van der Waals surface area contributed by atoms with Crippen LogP contribution in [0.4, 0.5) is 0 Å². The second-order valence-corrected chi connectivity index (χ2v) is 5.21. The zero-order valence-corrected chi connectivity index (χ0v) is 12.4. The van der Waals surface area contributed by atoms with E-state index < -0.39 is 5.97 Å². The zero-order chi connectivity index (χ0) is 15.2. The lowest BCUT2D eigenvalue weighted by atomic mass is 10.2. The van der Waals surface area contributed by atoms with Gasteiger partial charge in [0.15, 0.2) is 11.5 Å². The second kappa shape index (κ2) is 7.33. The molecule has 114 valence electrons. The molecule has 1 aliphatic rings. The highest BCUT2D eigenvalue weighted by molar-refractivity contribution is 6.32. The normalized spacial score (nSPS) is 13.8. The summed E-state index contributed by atoms with van der Waals surface area (Å²) < 4.78 is 11.2. The number of hydrogen-bond acceptors (Lipinski definition) is 4. The van der Waals surface area contributed by atoms with Crippen molar-refractivity contribution in [3.05, 3.63) is 35.4 Å². The van der Waals surface area contributed by atoms with E-state index in [1.54, 1.807) is 17.0 Å². The Morgan fingerprint density at radius 2 is 2.19 bits per heavy atom. The molecule has 2 rings (SSSR count). The van der Waals surface area contributed by atoms with Crippen molar-refractivity contribution in [2.75, 3.05) is 26.3 Å². The van der Waals surface area contributed by atoms with Crippen molar-refractivity contribution >= 4 is 17.6 Å². The van der Waals surface area contributed by atoms with Crippen molar-refractivity contribution in [3.63, 3.8) is 0 Å². The minimum Gasteiger partial charge on any atom is -0.489 e. The molecule has 0 aromatic heterocycles. The van der Waals surface area contributed by atoms with Crippen LogP contribution in [0.3, 0.4) is 0 Å². The number of ether oxygens (including phenoxy) is 2. The van der Waals surface area contributed by atoms with E-state index in [1.165, 1.54) is 0 Å². The molecule has 0 spiro atoms. The van der Waals surface area contributed by atoms with Gasteiger partial charge < -0.3 is 14.6 Å². The Balaban J connectivity index is 2.19. The van der Waals surface area contributed by atoms with Crippen LogP contribution in [-0.2, 0) is 11.3 Å². The highest BCUT2D eigenvalue weighted by Crippen LogP contribution is 2.38. The van der Waals surface area contributed by atoms with Crippen molar-refractivity contribution in [2.24, 2.45) is 0 Å². The van der Waals surface area contributed by atoms with Crippen LogP contribution in [0.15, 0.2) is 24.8 Å². The van der Waals surface area contributed by atoms with Gasteiger partial charge in [0, 0.05) is 19.5 Å². The van der Waals surface area contributed by atoms with Gasteiger partial charge in [-0.2, -0.15) is 0 Å². The first kappa shape index (κ1) is 15.7. The monoisotopic (exact) mass is 311 g/mol. The number of benzene rings is 1. The number of carbonyl (C=O) groups is 1. The number of carboxylic acid groups (broad SMARTS) is 1. The van der Waals surface area contributed by atoms with Crippen molar-refractivity contribution in [2.45, 2.75) is 13.0 Å². The number of fused-ring (bicyclic) bond motifs is 1. The quantitative estimate of drug-likeness (QED) is 0.818. The fourth-order valence-electron chi connectivity index (χ4n) is 2.19. The van der Waals surface area contributed by atoms with Crippen LogP contribution in [0, 0.1) is 0 Å². The molecule has 0 saturated carbocycles. The van der Waals surface area contributed by atoms with Crippen LogP contribution < -0.4 is 9.47 Å². The van der Waals surface area contributed by atoms with Crippen molar-refractivity contribution in [1.82, 2.24) is 4.90 Å². The van der Waals surface area contributed by atoms with Crippen molar-refractivity contribution in [3.8, 4) is 11.5 Å². The van der Waals surface area contributed by atoms with Crippen LogP contribution in [0.1, 0.15) is 12.0 Å². The minimum atomic E-state index is -0.878. The van der Waals surface area contributed by atoms with Gasteiger partial charge in [0.2, 0.25) is 0 Å². The van der Waals surface area contributed by atoms with Gasteiger partial charge in [0.25, 0.3) is 0 Å². The predicted octanol–water partition coefficient (Wildman–Crippen LogP) is 2.57. The van der Waals surface area contributed by atoms with Gasteiger partial charge in [0.1, 0.15) is 0 Å². The van der Waals surface area contributed by atoms with Crippen LogP contribution in [0.5, 0.6) is 11.5 Å². The molecule has 0 bridgehead atoms. The first-order valence-corrected chi connectivity index (χ1v) is 7.11. The lowest BCUT2D eigenvalue weighted by molar-refractivity contribution is -0.138. The Hall–Kier alpha value is -1.72. The van der Waals surface area contributed by atoms with E-state index in [-0.39, 0.29) is 6.54 Å². The maximum absolute atomic E-state index is 10.9. The third kappa shape index (κ3) is 4.37. The first-order valence-electron chi connectivity index (χ1n) is 6.73. The number of hydrogen-bond donors (Lipinski definition) is 1. The molecule has 0 unspecified atom stereocenters. The Kier molecular flexibility index (Phi) is 5.47. The van der Waals surface area contributed by atoms with E-state index in [0.717, 1.165) is 12.0 Å². The standard InChI is InChI=1S/C15H18ClNO4/c1-2-4-17(10-14(18)19)9-11-7-12(16)15-13(8-11)20-5-3-6-21-15/h2,7-8H,1,3-6,9-10H2,(H,18,19).